The zero-order valence-electron chi connectivity index (χ0n) is 27.3. The number of aromatic nitrogens is 2. The predicted molar refractivity (Wildman–Crippen MR) is 160 cm³/mol. The first kappa shape index (κ1) is 36.3. The minimum absolute atomic E-state index is 0.0459. The minimum atomic E-state index is -3.85. The highest BCUT2D eigenvalue weighted by Gasteiger charge is 2.64. The van der Waals surface area contributed by atoms with Gasteiger partial charge in [0.25, 0.3) is 11.8 Å². The van der Waals surface area contributed by atoms with Gasteiger partial charge in [0.1, 0.15) is 28.3 Å². The Morgan fingerprint density at radius 1 is 1.02 bits per heavy atom. The van der Waals surface area contributed by atoms with Gasteiger partial charge in [0.15, 0.2) is 12.3 Å². The van der Waals surface area contributed by atoms with Gasteiger partial charge in [0.2, 0.25) is 12.7 Å². The number of hydrogen-bond acceptors (Lipinski definition) is 10. The lowest BCUT2D eigenvalue weighted by atomic mass is 9.81. The monoisotopic (exact) mass is 685 g/mol. The van der Waals surface area contributed by atoms with Crippen LogP contribution >= 0.6 is 0 Å². The number of halogens is 5. The van der Waals surface area contributed by atoms with E-state index in [1.165, 1.54) is 41.5 Å². The number of imide groups is 1. The third-order valence-corrected chi connectivity index (χ3v) is 7.04. The maximum absolute atomic E-state index is 16.5. The van der Waals surface area contributed by atoms with E-state index in [2.05, 4.69) is 25.0 Å². The number of rotatable bonds is 7. The van der Waals surface area contributed by atoms with Crippen molar-refractivity contribution in [3.05, 3.63) is 47.7 Å². The van der Waals surface area contributed by atoms with Crippen LogP contribution in [0.3, 0.4) is 0 Å². The van der Waals surface area contributed by atoms with Gasteiger partial charge in [0, 0.05) is 17.2 Å². The Kier molecular flexibility index (Phi) is 9.93. The number of carbonyl (C=O) groups excluding carboxylic acids is 3. The van der Waals surface area contributed by atoms with Crippen molar-refractivity contribution in [1.82, 2.24) is 14.9 Å². The standard InChI is InChI=1S/C31H36F5N5O7/c1-28(2,3)47-26(43)41(27(44)48-29(4,5)6)25-40-30(7,22(34)23(46-25)31(35,36)16-8-9-16)18-12-17(10-11-19(18)33)39-24(42)20-13-38-21(14-37-20)45-15-32/h10-14,16,22-23H,8-9,15H2,1-7H3,(H,39,42)/t22-,23-,30+/m0/s1. The smallest absolute Gasteiger partial charge is 0.428 e. The van der Waals surface area contributed by atoms with E-state index in [9.17, 15) is 18.8 Å². The van der Waals surface area contributed by atoms with Crippen molar-refractivity contribution in [3.63, 3.8) is 0 Å². The first-order chi connectivity index (χ1) is 22.2. The van der Waals surface area contributed by atoms with Gasteiger partial charge in [-0.05, 0) is 79.5 Å². The van der Waals surface area contributed by atoms with Crippen molar-refractivity contribution >= 4 is 29.8 Å². The summed E-state index contributed by atoms with van der Waals surface area (Å²) in [5.41, 5.74) is -6.02. The molecule has 0 unspecified atom stereocenters. The number of benzene rings is 1. The zero-order chi connectivity index (χ0) is 35.8. The van der Waals surface area contributed by atoms with Crippen molar-refractivity contribution in [1.29, 1.82) is 0 Å². The fourth-order valence-corrected chi connectivity index (χ4v) is 4.64. The normalized spacial score (nSPS) is 21.4. The van der Waals surface area contributed by atoms with Gasteiger partial charge < -0.3 is 24.3 Å². The van der Waals surface area contributed by atoms with Gasteiger partial charge in [-0.1, -0.05) is 0 Å². The molecule has 17 heteroatoms. The Bertz CT molecular complexity index is 1550. The average molecular weight is 686 g/mol. The van der Waals surface area contributed by atoms with E-state index < -0.39 is 83.2 Å². The van der Waals surface area contributed by atoms with Gasteiger partial charge in [-0.15, -0.1) is 4.90 Å². The van der Waals surface area contributed by atoms with Crippen molar-refractivity contribution in [2.75, 3.05) is 12.2 Å². The molecule has 0 spiro atoms. The molecule has 48 heavy (non-hydrogen) atoms. The molecule has 1 aliphatic carbocycles. The molecular formula is C31H36F5N5O7. The lowest BCUT2D eigenvalue weighted by molar-refractivity contribution is -0.165. The fraction of sp³-hybridized carbons (Fsp3) is 0.548. The van der Waals surface area contributed by atoms with Crippen LogP contribution in [0.25, 0.3) is 0 Å². The molecule has 2 aliphatic rings. The van der Waals surface area contributed by atoms with E-state index >= 15 is 17.6 Å². The summed E-state index contributed by atoms with van der Waals surface area (Å²) in [6, 6.07) is 1.79. The summed E-state index contributed by atoms with van der Waals surface area (Å²) in [6.07, 6.45) is -6.21. The van der Waals surface area contributed by atoms with Gasteiger partial charge in [-0.25, -0.2) is 46.5 Å². The van der Waals surface area contributed by atoms with Gasteiger partial charge >= 0.3 is 18.2 Å². The van der Waals surface area contributed by atoms with Crippen LogP contribution in [0.4, 0.5) is 37.2 Å². The highest BCUT2D eigenvalue weighted by molar-refractivity contribution is 6.06. The Labute approximate surface area is 273 Å². The van der Waals surface area contributed by atoms with Gasteiger partial charge in [0.05, 0.1) is 12.4 Å². The Morgan fingerprint density at radius 2 is 1.62 bits per heavy atom. The molecule has 4 rings (SSSR count). The highest BCUT2D eigenvalue weighted by atomic mass is 19.3. The maximum atomic E-state index is 16.5. The van der Waals surface area contributed by atoms with Crippen LogP contribution in [-0.4, -0.2) is 75.2 Å². The number of nitrogens with one attached hydrogen (secondary N) is 1. The van der Waals surface area contributed by atoms with E-state index in [0.717, 1.165) is 37.5 Å². The molecule has 262 valence electrons. The molecule has 1 aromatic carbocycles. The molecule has 12 nitrogen and oxygen atoms in total. The third kappa shape index (κ3) is 8.10. The largest absolute Gasteiger partial charge is 0.451 e. The summed E-state index contributed by atoms with van der Waals surface area (Å²) in [7, 11) is 0. The number of nitrogens with zero attached hydrogens (tertiary/aromatic N) is 4. The molecular weight excluding hydrogens is 649 g/mol. The lowest BCUT2D eigenvalue weighted by Gasteiger charge is -2.43. The molecule has 0 saturated heterocycles. The molecule has 1 aromatic heterocycles. The van der Waals surface area contributed by atoms with E-state index in [1.807, 2.05) is 0 Å². The van der Waals surface area contributed by atoms with Crippen molar-refractivity contribution in [2.45, 2.75) is 96.2 Å². The maximum Gasteiger partial charge on any atom is 0.428 e. The highest BCUT2D eigenvalue weighted by Crippen LogP contribution is 2.51. The quantitative estimate of drug-likeness (QED) is 0.315. The van der Waals surface area contributed by atoms with Crippen molar-refractivity contribution < 1.29 is 55.3 Å². The molecule has 0 bridgehead atoms. The summed E-state index contributed by atoms with van der Waals surface area (Å²) in [5.74, 6) is -7.33. The molecule has 0 radical (unpaired) electrons. The van der Waals surface area contributed by atoms with E-state index in [4.69, 9.17) is 14.2 Å². The zero-order valence-corrected chi connectivity index (χ0v) is 27.3. The Balaban J connectivity index is 1.82. The molecule has 2 aromatic rings. The molecule has 2 heterocycles. The third-order valence-electron chi connectivity index (χ3n) is 7.04. The molecule has 1 saturated carbocycles. The first-order valence-electron chi connectivity index (χ1n) is 14.8. The van der Waals surface area contributed by atoms with Crippen LogP contribution in [0.2, 0.25) is 0 Å². The Hall–Kier alpha value is -4.57. The van der Waals surface area contributed by atoms with E-state index in [-0.39, 0.29) is 35.0 Å². The average Bonchev–Trinajstić information content (AvgIpc) is 3.81. The van der Waals surface area contributed by atoms with Crippen LogP contribution < -0.4 is 10.1 Å². The molecule has 3 atom stereocenters. The number of amidine groups is 1. The number of amides is 3. The molecule has 1 fully saturated rings. The summed E-state index contributed by atoms with van der Waals surface area (Å²) >= 11 is 0. The first-order valence-corrected chi connectivity index (χ1v) is 14.8. The number of ether oxygens (including phenoxy) is 4. The van der Waals surface area contributed by atoms with Crippen LogP contribution in [-0.2, 0) is 19.7 Å². The number of anilines is 1. The van der Waals surface area contributed by atoms with Crippen molar-refractivity contribution in [2.24, 2.45) is 10.9 Å². The minimum Gasteiger partial charge on any atom is -0.451 e. The summed E-state index contributed by atoms with van der Waals surface area (Å²) in [4.78, 5) is 51.3. The summed E-state index contributed by atoms with van der Waals surface area (Å²) in [6.45, 7) is 8.64. The van der Waals surface area contributed by atoms with Crippen molar-refractivity contribution in [3.8, 4) is 5.88 Å². The number of hydrogen-bond donors (Lipinski definition) is 1. The molecule has 3 amide bonds. The Morgan fingerprint density at radius 3 is 2.12 bits per heavy atom. The van der Waals surface area contributed by atoms with E-state index in [0.29, 0.717) is 0 Å². The lowest BCUT2D eigenvalue weighted by Crippen LogP contribution is -2.60. The second-order valence-corrected chi connectivity index (χ2v) is 13.4. The van der Waals surface area contributed by atoms with Gasteiger partial charge in [-0.2, -0.15) is 0 Å². The second kappa shape index (κ2) is 13.1. The van der Waals surface area contributed by atoms with Crippen LogP contribution in [0.5, 0.6) is 5.88 Å². The number of aliphatic imine (C=N–C) groups is 1. The van der Waals surface area contributed by atoms with Gasteiger partial charge in [-0.3, -0.25) is 4.79 Å². The molecule has 1 aliphatic heterocycles. The SMILES string of the molecule is CC(C)(C)OC(=O)N(C(=O)OC(C)(C)C)C1=N[C@](C)(c2cc(NC(=O)c3cnc(OCF)cn3)ccc2F)[C@@H](F)[C@@H](C(F)(F)C2CC2)O1. The topological polar surface area (TPSA) is 142 Å². The fourth-order valence-electron chi connectivity index (χ4n) is 4.64. The number of carbonyl (C=O) groups is 3. The van der Waals surface area contributed by atoms with Crippen LogP contribution in [0, 0.1) is 11.7 Å². The molecule has 1 N–H and O–H groups in total. The number of alkyl halides is 4. The second-order valence-electron chi connectivity index (χ2n) is 13.4. The van der Waals surface area contributed by atoms with Crippen LogP contribution in [0.15, 0.2) is 35.6 Å². The predicted octanol–water partition coefficient (Wildman–Crippen LogP) is 6.70. The van der Waals surface area contributed by atoms with Crippen LogP contribution in [0.1, 0.15) is 77.4 Å². The summed E-state index contributed by atoms with van der Waals surface area (Å²) in [5, 5.41) is 2.41. The van der Waals surface area contributed by atoms with E-state index in [1.54, 1.807) is 0 Å². The summed E-state index contributed by atoms with van der Waals surface area (Å²) < 4.78 is 96.5.